The van der Waals surface area contributed by atoms with Crippen LogP contribution in [0.15, 0.2) is 18.2 Å². The van der Waals surface area contributed by atoms with Crippen molar-refractivity contribution in [3.63, 3.8) is 0 Å². The third-order valence-electron chi connectivity index (χ3n) is 1.95. The minimum atomic E-state index is 0.218. The molecule has 0 heterocycles. The summed E-state index contributed by atoms with van der Waals surface area (Å²) >= 11 is 11.6. The van der Waals surface area contributed by atoms with E-state index in [0.717, 1.165) is 18.4 Å². The van der Waals surface area contributed by atoms with E-state index < -0.39 is 0 Å². The molecule has 0 amide bonds. The molecule has 1 rings (SSSR count). The molecular formula is C11H14Cl2O2. The van der Waals surface area contributed by atoms with E-state index in [0.29, 0.717) is 23.3 Å². The van der Waals surface area contributed by atoms with Gasteiger partial charge >= 0.3 is 0 Å². The van der Waals surface area contributed by atoms with Gasteiger partial charge in [0.1, 0.15) is 0 Å². The van der Waals surface area contributed by atoms with Gasteiger partial charge in [-0.1, -0.05) is 29.3 Å². The van der Waals surface area contributed by atoms with E-state index in [1.165, 1.54) is 0 Å². The van der Waals surface area contributed by atoms with Gasteiger partial charge in [0.15, 0.2) is 0 Å². The molecule has 0 fully saturated rings. The fourth-order valence-corrected chi connectivity index (χ4v) is 1.46. The maximum atomic E-state index is 8.56. The normalized spacial score (nSPS) is 10.6. The van der Waals surface area contributed by atoms with Gasteiger partial charge in [0.05, 0.1) is 16.7 Å². The van der Waals surface area contributed by atoms with Crippen molar-refractivity contribution < 1.29 is 9.84 Å². The number of aliphatic hydroxyl groups excluding tert-OH is 1. The molecule has 0 unspecified atom stereocenters. The number of rotatable bonds is 6. The second-order valence-electron chi connectivity index (χ2n) is 3.23. The largest absolute Gasteiger partial charge is 0.396 e. The van der Waals surface area contributed by atoms with Crippen LogP contribution in [0.2, 0.25) is 10.0 Å². The summed E-state index contributed by atoms with van der Waals surface area (Å²) in [7, 11) is 0. The predicted molar refractivity (Wildman–Crippen MR) is 62.4 cm³/mol. The van der Waals surface area contributed by atoms with Crippen LogP contribution in [0.25, 0.3) is 0 Å². The maximum absolute atomic E-state index is 8.56. The standard InChI is InChI=1S/C11H14Cl2O2/c12-10-4-3-9(7-11(10)13)8-15-6-2-1-5-14/h3-4,7,14H,1-2,5-6,8H2. The molecule has 1 aromatic carbocycles. The highest BCUT2D eigenvalue weighted by molar-refractivity contribution is 6.41. The number of ether oxygens (including phenoxy) is 1. The Bertz CT molecular complexity index is 303. The molecule has 0 atom stereocenters. The summed E-state index contributed by atoms with van der Waals surface area (Å²) in [6, 6.07) is 5.45. The molecule has 0 saturated carbocycles. The Kier molecular flexibility index (Phi) is 6.03. The number of halogens is 2. The second-order valence-corrected chi connectivity index (χ2v) is 4.05. The van der Waals surface area contributed by atoms with E-state index in [4.69, 9.17) is 33.0 Å². The third kappa shape index (κ3) is 4.85. The molecule has 4 heteroatoms. The molecule has 1 N–H and O–H groups in total. The first-order chi connectivity index (χ1) is 7.24. The van der Waals surface area contributed by atoms with E-state index in [-0.39, 0.29) is 6.61 Å². The number of aliphatic hydroxyl groups is 1. The van der Waals surface area contributed by atoms with E-state index in [9.17, 15) is 0 Å². The lowest BCUT2D eigenvalue weighted by molar-refractivity contribution is 0.112. The van der Waals surface area contributed by atoms with Gasteiger partial charge in [-0.05, 0) is 30.5 Å². The van der Waals surface area contributed by atoms with Gasteiger partial charge in [-0.2, -0.15) is 0 Å². The summed E-state index contributed by atoms with van der Waals surface area (Å²) in [4.78, 5) is 0. The first kappa shape index (κ1) is 12.8. The van der Waals surface area contributed by atoms with Crippen LogP contribution >= 0.6 is 23.2 Å². The van der Waals surface area contributed by atoms with Crippen LogP contribution in [0.3, 0.4) is 0 Å². The van der Waals surface area contributed by atoms with Crippen molar-refractivity contribution in [1.29, 1.82) is 0 Å². The van der Waals surface area contributed by atoms with Crippen LogP contribution in [0.5, 0.6) is 0 Å². The fourth-order valence-electron chi connectivity index (χ4n) is 1.14. The quantitative estimate of drug-likeness (QED) is 0.784. The predicted octanol–water partition coefficient (Wildman–Crippen LogP) is 3.28. The summed E-state index contributed by atoms with van der Waals surface area (Å²) in [5.41, 5.74) is 1.01. The summed E-state index contributed by atoms with van der Waals surface area (Å²) < 4.78 is 5.40. The zero-order valence-electron chi connectivity index (χ0n) is 8.38. The highest BCUT2D eigenvalue weighted by Crippen LogP contribution is 2.22. The third-order valence-corrected chi connectivity index (χ3v) is 2.69. The molecule has 15 heavy (non-hydrogen) atoms. The molecule has 0 spiro atoms. The summed E-state index contributed by atoms with van der Waals surface area (Å²) in [6.07, 6.45) is 1.65. The maximum Gasteiger partial charge on any atom is 0.0717 e. The molecule has 0 saturated heterocycles. The van der Waals surface area contributed by atoms with Gasteiger partial charge in [0.2, 0.25) is 0 Å². The van der Waals surface area contributed by atoms with E-state index in [1.54, 1.807) is 12.1 Å². The lowest BCUT2D eigenvalue weighted by Gasteiger charge is -2.04. The molecule has 0 aliphatic carbocycles. The van der Waals surface area contributed by atoms with Crippen LogP contribution < -0.4 is 0 Å². The Balaban J connectivity index is 2.28. The van der Waals surface area contributed by atoms with Crippen molar-refractivity contribution in [3.05, 3.63) is 33.8 Å². The molecule has 1 aromatic rings. The summed E-state index contributed by atoms with van der Waals surface area (Å²) in [6.45, 7) is 1.40. The van der Waals surface area contributed by atoms with Crippen LogP contribution in [-0.2, 0) is 11.3 Å². The Hall–Kier alpha value is -0.280. The molecule has 2 nitrogen and oxygen atoms in total. The average Bonchev–Trinajstić information content (AvgIpc) is 2.23. The molecule has 0 bridgehead atoms. The van der Waals surface area contributed by atoms with Crippen molar-refractivity contribution in [1.82, 2.24) is 0 Å². The lowest BCUT2D eigenvalue weighted by Crippen LogP contribution is -1.96. The number of hydrogen-bond acceptors (Lipinski definition) is 2. The van der Waals surface area contributed by atoms with Crippen molar-refractivity contribution in [2.24, 2.45) is 0 Å². The Morgan fingerprint density at radius 2 is 1.93 bits per heavy atom. The average molecular weight is 249 g/mol. The zero-order chi connectivity index (χ0) is 11.1. The Morgan fingerprint density at radius 3 is 2.60 bits per heavy atom. The van der Waals surface area contributed by atoms with Crippen LogP contribution in [0, 0.1) is 0 Å². The minimum Gasteiger partial charge on any atom is -0.396 e. The number of benzene rings is 1. The van der Waals surface area contributed by atoms with E-state index in [1.807, 2.05) is 6.07 Å². The number of hydrogen-bond donors (Lipinski definition) is 1. The summed E-state index contributed by atoms with van der Waals surface area (Å²) in [5.74, 6) is 0. The molecule has 0 aromatic heterocycles. The molecule has 84 valence electrons. The fraction of sp³-hybridized carbons (Fsp3) is 0.455. The molecule has 0 aliphatic heterocycles. The lowest BCUT2D eigenvalue weighted by atomic mass is 10.2. The van der Waals surface area contributed by atoms with Crippen LogP contribution in [-0.4, -0.2) is 18.3 Å². The van der Waals surface area contributed by atoms with Gasteiger partial charge in [-0.15, -0.1) is 0 Å². The summed E-state index contributed by atoms with van der Waals surface area (Å²) in [5, 5.41) is 9.67. The van der Waals surface area contributed by atoms with Gasteiger partial charge in [-0.3, -0.25) is 0 Å². The topological polar surface area (TPSA) is 29.5 Å². The molecule has 0 radical (unpaired) electrons. The van der Waals surface area contributed by atoms with Gasteiger partial charge in [0.25, 0.3) is 0 Å². The SMILES string of the molecule is OCCCCOCc1ccc(Cl)c(Cl)c1. The van der Waals surface area contributed by atoms with Gasteiger partial charge < -0.3 is 9.84 Å². The molecular weight excluding hydrogens is 235 g/mol. The first-order valence-corrected chi connectivity index (χ1v) is 5.62. The highest BCUT2D eigenvalue weighted by Gasteiger charge is 1.99. The Morgan fingerprint density at radius 1 is 1.13 bits per heavy atom. The highest BCUT2D eigenvalue weighted by atomic mass is 35.5. The van der Waals surface area contributed by atoms with Crippen molar-refractivity contribution in [2.75, 3.05) is 13.2 Å². The van der Waals surface area contributed by atoms with E-state index in [2.05, 4.69) is 0 Å². The van der Waals surface area contributed by atoms with Crippen LogP contribution in [0.4, 0.5) is 0 Å². The van der Waals surface area contributed by atoms with Crippen LogP contribution in [0.1, 0.15) is 18.4 Å². The molecule has 0 aliphatic rings. The van der Waals surface area contributed by atoms with Crippen molar-refractivity contribution >= 4 is 23.2 Å². The van der Waals surface area contributed by atoms with E-state index >= 15 is 0 Å². The smallest absolute Gasteiger partial charge is 0.0717 e. The number of unbranched alkanes of at least 4 members (excludes halogenated alkanes) is 1. The van der Waals surface area contributed by atoms with Crippen molar-refractivity contribution in [2.45, 2.75) is 19.4 Å². The van der Waals surface area contributed by atoms with Gasteiger partial charge in [0, 0.05) is 13.2 Å². The monoisotopic (exact) mass is 248 g/mol. The Labute approximate surface area is 99.8 Å². The van der Waals surface area contributed by atoms with Gasteiger partial charge in [-0.25, -0.2) is 0 Å². The minimum absolute atomic E-state index is 0.218. The van der Waals surface area contributed by atoms with Crippen molar-refractivity contribution in [3.8, 4) is 0 Å². The first-order valence-electron chi connectivity index (χ1n) is 4.86. The second kappa shape index (κ2) is 7.07. The zero-order valence-corrected chi connectivity index (χ0v) is 9.89.